The molecule has 0 fully saturated rings. The SMILES string of the molecule is Brc1ccc(CNc2ncncc2Br)cc1. The Morgan fingerprint density at radius 3 is 2.56 bits per heavy atom. The second kappa shape index (κ2) is 5.41. The molecule has 2 rings (SSSR count). The molecule has 0 aliphatic rings. The number of halogens is 2. The van der Waals surface area contributed by atoms with Crippen molar-refractivity contribution in [3.63, 3.8) is 0 Å². The number of benzene rings is 1. The Labute approximate surface area is 111 Å². The van der Waals surface area contributed by atoms with Crippen LogP contribution in [0.3, 0.4) is 0 Å². The molecule has 0 saturated carbocycles. The maximum atomic E-state index is 4.13. The molecule has 16 heavy (non-hydrogen) atoms. The summed E-state index contributed by atoms with van der Waals surface area (Å²) in [5.74, 6) is 0.804. The Hall–Kier alpha value is -0.940. The van der Waals surface area contributed by atoms with Crippen LogP contribution in [-0.2, 0) is 6.54 Å². The zero-order valence-corrected chi connectivity index (χ0v) is 11.5. The van der Waals surface area contributed by atoms with Crippen LogP contribution in [0.15, 0.2) is 45.7 Å². The van der Waals surface area contributed by atoms with Crippen LogP contribution in [0.2, 0.25) is 0 Å². The van der Waals surface area contributed by atoms with Crippen LogP contribution in [0, 0.1) is 0 Å². The van der Waals surface area contributed by atoms with Gasteiger partial charge in [0, 0.05) is 17.2 Å². The van der Waals surface area contributed by atoms with Crippen LogP contribution < -0.4 is 5.32 Å². The van der Waals surface area contributed by atoms with E-state index in [1.54, 1.807) is 6.20 Å². The molecule has 0 aliphatic heterocycles. The number of aromatic nitrogens is 2. The number of anilines is 1. The summed E-state index contributed by atoms with van der Waals surface area (Å²) in [5.41, 5.74) is 1.20. The van der Waals surface area contributed by atoms with Gasteiger partial charge < -0.3 is 5.32 Å². The molecule has 1 N–H and O–H groups in total. The molecule has 0 unspecified atom stereocenters. The first-order valence-electron chi connectivity index (χ1n) is 4.69. The van der Waals surface area contributed by atoms with Gasteiger partial charge in [-0.15, -0.1) is 0 Å². The van der Waals surface area contributed by atoms with E-state index in [0.29, 0.717) is 0 Å². The van der Waals surface area contributed by atoms with Crippen molar-refractivity contribution in [2.45, 2.75) is 6.54 Å². The molecule has 0 radical (unpaired) electrons. The zero-order chi connectivity index (χ0) is 11.4. The second-order valence-electron chi connectivity index (χ2n) is 3.20. The van der Waals surface area contributed by atoms with E-state index in [2.05, 4.69) is 59.3 Å². The smallest absolute Gasteiger partial charge is 0.144 e. The fourth-order valence-corrected chi connectivity index (χ4v) is 1.86. The van der Waals surface area contributed by atoms with Crippen molar-refractivity contribution in [2.75, 3.05) is 5.32 Å². The molecular formula is C11H9Br2N3. The van der Waals surface area contributed by atoms with Gasteiger partial charge in [0.1, 0.15) is 12.1 Å². The van der Waals surface area contributed by atoms with E-state index in [9.17, 15) is 0 Å². The predicted molar refractivity (Wildman–Crippen MR) is 71.2 cm³/mol. The molecule has 0 saturated heterocycles. The van der Waals surface area contributed by atoms with E-state index in [-0.39, 0.29) is 0 Å². The average molecular weight is 343 g/mol. The number of nitrogens with zero attached hydrogens (tertiary/aromatic N) is 2. The van der Waals surface area contributed by atoms with Crippen molar-refractivity contribution in [3.8, 4) is 0 Å². The molecule has 82 valence electrons. The lowest BCUT2D eigenvalue weighted by Crippen LogP contribution is -2.02. The van der Waals surface area contributed by atoms with Gasteiger partial charge >= 0.3 is 0 Å². The Kier molecular flexibility index (Phi) is 3.90. The van der Waals surface area contributed by atoms with Crippen molar-refractivity contribution in [2.24, 2.45) is 0 Å². The minimum atomic E-state index is 0.739. The first-order chi connectivity index (χ1) is 7.75. The van der Waals surface area contributed by atoms with Gasteiger partial charge in [0.05, 0.1) is 4.47 Å². The molecule has 0 amide bonds. The fourth-order valence-electron chi connectivity index (χ4n) is 1.23. The minimum absolute atomic E-state index is 0.739. The molecule has 5 heteroatoms. The number of rotatable bonds is 3. The quantitative estimate of drug-likeness (QED) is 0.925. The maximum absolute atomic E-state index is 4.13. The molecule has 0 spiro atoms. The van der Waals surface area contributed by atoms with E-state index in [0.717, 1.165) is 21.3 Å². The number of hydrogen-bond donors (Lipinski definition) is 1. The molecular weight excluding hydrogens is 334 g/mol. The van der Waals surface area contributed by atoms with Crippen LogP contribution in [-0.4, -0.2) is 9.97 Å². The van der Waals surface area contributed by atoms with Crippen molar-refractivity contribution >= 4 is 37.7 Å². The Bertz CT molecular complexity index is 471. The summed E-state index contributed by atoms with van der Waals surface area (Å²) in [4.78, 5) is 8.04. The lowest BCUT2D eigenvalue weighted by Gasteiger charge is -2.06. The van der Waals surface area contributed by atoms with Gasteiger partial charge in [-0.3, -0.25) is 0 Å². The minimum Gasteiger partial charge on any atom is -0.365 e. The van der Waals surface area contributed by atoms with Gasteiger partial charge in [0.2, 0.25) is 0 Å². The third kappa shape index (κ3) is 3.02. The van der Waals surface area contributed by atoms with Crippen LogP contribution in [0.25, 0.3) is 0 Å². The summed E-state index contributed by atoms with van der Waals surface area (Å²) in [6.07, 6.45) is 3.24. The highest BCUT2D eigenvalue weighted by molar-refractivity contribution is 9.10. The van der Waals surface area contributed by atoms with Gasteiger partial charge in [-0.1, -0.05) is 28.1 Å². The predicted octanol–water partition coefficient (Wildman–Crippen LogP) is 3.61. The van der Waals surface area contributed by atoms with Gasteiger partial charge in [0.15, 0.2) is 0 Å². The molecule has 3 nitrogen and oxygen atoms in total. The highest BCUT2D eigenvalue weighted by Gasteiger charge is 1.99. The summed E-state index contributed by atoms with van der Waals surface area (Å²) in [7, 11) is 0. The first kappa shape index (κ1) is 11.5. The van der Waals surface area contributed by atoms with E-state index < -0.39 is 0 Å². The second-order valence-corrected chi connectivity index (χ2v) is 4.97. The van der Waals surface area contributed by atoms with E-state index in [1.807, 2.05) is 12.1 Å². The fraction of sp³-hybridized carbons (Fsp3) is 0.0909. The molecule has 0 bridgehead atoms. The first-order valence-corrected chi connectivity index (χ1v) is 6.28. The third-order valence-electron chi connectivity index (χ3n) is 2.04. The van der Waals surface area contributed by atoms with Gasteiger partial charge in [-0.2, -0.15) is 0 Å². The standard InChI is InChI=1S/C11H9Br2N3/c12-9-3-1-8(2-4-9)5-15-11-10(13)6-14-7-16-11/h1-4,6-7H,5H2,(H,14,15,16). The van der Waals surface area contributed by atoms with Crippen molar-refractivity contribution in [1.29, 1.82) is 0 Å². The number of nitrogens with one attached hydrogen (secondary N) is 1. The van der Waals surface area contributed by atoms with Gasteiger partial charge in [-0.25, -0.2) is 9.97 Å². The van der Waals surface area contributed by atoms with Crippen molar-refractivity contribution in [3.05, 3.63) is 51.3 Å². The summed E-state index contributed by atoms with van der Waals surface area (Å²) in [6, 6.07) is 8.16. The summed E-state index contributed by atoms with van der Waals surface area (Å²) < 4.78 is 1.95. The molecule has 1 aromatic heterocycles. The van der Waals surface area contributed by atoms with Crippen LogP contribution in [0.4, 0.5) is 5.82 Å². The maximum Gasteiger partial charge on any atom is 0.144 e. The zero-order valence-electron chi connectivity index (χ0n) is 8.32. The van der Waals surface area contributed by atoms with Crippen LogP contribution in [0.1, 0.15) is 5.56 Å². The van der Waals surface area contributed by atoms with Gasteiger partial charge in [0.25, 0.3) is 0 Å². The third-order valence-corrected chi connectivity index (χ3v) is 3.15. The van der Waals surface area contributed by atoms with Crippen LogP contribution >= 0.6 is 31.9 Å². The summed E-state index contributed by atoms with van der Waals surface area (Å²) in [6.45, 7) is 0.739. The summed E-state index contributed by atoms with van der Waals surface area (Å²) >= 11 is 6.79. The van der Waals surface area contributed by atoms with E-state index in [4.69, 9.17) is 0 Å². The van der Waals surface area contributed by atoms with Crippen LogP contribution in [0.5, 0.6) is 0 Å². The lowest BCUT2D eigenvalue weighted by molar-refractivity contribution is 1.07. The largest absolute Gasteiger partial charge is 0.365 e. The molecule has 2 aromatic rings. The van der Waals surface area contributed by atoms with Crippen molar-refractivity contribution < 1.29 is 0 Å². The number of hydrogen-bond acceptors (Lipinski definition) is 3. The van der Waals surface area contributed by atoms with Gasteiger partial charge in [-0.05, 0) is 33.6 Å². The topological polar surface area (TPSA) is 37.8 Å². The highest BCUT2D eigenvalue weighted by atomic mass is 79.9. The molecule has 1 aromatic carbocycles. The Morgan fingerprint density at radius 1 is 1.12 bits per heavy atom. The summed E-state index contributed by atoms with van der Waals surface area (Å²) in [5, 5.41) is 3.24. The average Bonchev–Trinajstić information content (AvgIpc) is 2.30. The molecule has 0 atom stereocenters. The van der Waals surface area contributed by atoms with E-state index in [1.165, 1.54) is 11.9 Å². The van der Waals surface area contributed by atoms with E-state index >= 15 is 0 Å². The van der Waals surface area contributed by atoms with Crippen molar-refractivity contribution in [1.82, 2.24) is 9.97 Å². The monoisotopic (exact) mass is 341 g/mol. The molecule has 0 aliphatic carbocycles. The Balaban J connectivity index is 2.02. The highest BCUT2D eigenvalue weighted by Crippen LogP contribution is 2.18. The lowest BCUT2D eigenvalue weighted by atomic mass is 10.2. The molecule has 1 heterocycles. The Morgan fingerprint density at radius 2 is 1.88 bits per heavy atom. The normalized spacial score (nSPS) is 10.1.